The molecule has 2 N–H and O–H groups in total. The smallest absolute Gasteiger partial charge is 0.335 e. The van der Waals surface area contributed by atoms with Crippen molar-refractivity contribution in [2.45, 2.75) is 0 Å². The summed E-state index contributed by atoms with van der Waals surface area (Å²) in [4.78, 5) is 21.7. The Bertz CT molecular complexity index is 749. The van der Waals surface area contributed by atoms with Crippen molar-refractivity contribution in [3.8, 4) is 11.1 Å². The zero-order chi connectivity index (χ0) is 15.6. The first-order chi connectivity index (χ1) is 9.86. The van der Waals surface area contributed by atoms with Gasteiger partial charge < -0.3 is 10.2 Å². The van der Waals surface area contributed by atoms with Crippen LogP contribution in [0.25, 0.3) is 17.2 Å². The maximum atomic E-state index is 11.2. The van der Waals surface area contributed by atoms with E-state index in [1.165, 1.54) is 29.5 Å². The molecule has 0 atom stereocenters. The van der Waals surface area contributed by atoms with Crippen LogP contribution in [0.1, 0.15) is 15.9 Å². The molecular formula is C14H8Cl2O4S. The van der Waals surface area contributed by atoms with Crippen molar-refractivity contribution in [2.24, 2.45) is 0 Å². The van der Waals surface area contributed by atoms with Gasteiger partial charge in [0.2, 0.25) is 0 Å². The van der Waals surface area contributed by atoms with E-state index in [-0.39, 0.29) is 5.56 Å². The van der Waals surface area contributed by atoms with Crippen LogP contribution in [0, 0.1) is 0 Å². The average molecular weight is 343 g/mol. The third-order valence-electron chi connectivity index (χ3n) is 2.59. The number of carbonyl (C=O) groups is 2. The largest absolute Gasteiger partial charge is 0.478 e. The van der Waals surface area contributed by atoms with Crippen molar-refractivity contribution >= 4 is 52.6 Å². The highest BCUT2D eigenvalue weighted by atomic mass is 35.5. The lowest BCUT2D eigenvalue weighted by atomic mass is 10.0. The number of aliphatic carboxylic acids is 1. The summed E-state index contributed by atoms with van der Waals surface area (Å²) in [7, 11) is 0. The van der Waals surface area contributed by atoms with E-state index < -0.39 is 11.9 Å². The van der Waals surface area contributed by atoms with Crippen molar-refractivity contribution in [3.63, 3.8) is 0 Å². The van der Waals surface area contributed by atoms with Crippen LogP contribution < -0.4 is 0 Å². The number of hydrogen-bond donors (Lipinski definition) is 2. The quantitative estimate of drug-likeness (QED) is 0.801. The van der Waals surface area contributed by atoms with E-state index in [9.17, 15) is 9.59 Å². The fourth-order valence-electron chi connectivity index (χ4n) is 1.73. The molecule has 0 unspecified atom stereocenters. The van der Waals surface area contributed by atoms with Crippen LogP contribution in [-0.4, -0.2) is 22.2 Å². The highest BCUT2D eigenvalue weighted by Crippen LogP contribution is 2.38. The van der Waals surface area contributed by atoms with Crippen molar-refractivity contribution in [1.82, 2.24) is 0 Å². The standard InChI is InChI=1S/C14H8Cl2O4S/c15-11-6-10(13(16)21-11)8-3-7(1-2-12(17)18)4-9(5-8)14(19)20/h1-6H,(H,17,18)(H,19,20)/b2-1+. The highest BCUT2D eigenvalue weighted by molar-refractivity contribution is 7.20. The maximum Gasteiger partial charge on any atom is 0.335 e. The molecule has 0 spiro atoms. The maximum absolute atomic E-state index is 11.2. The lowest BCUT2D eigenvalue weighted by Crippen LogP contribution is -1.97. The summed E-state index contributed by atoms with van der Waals surface area (Å²) in [6.07, 6.45) is 2.26. The van der Waals surface area contributed by atoms with Gasteiger partial charge in [0.25, 0.3) is 0 Å². The third kappa shape index (κ3) is 3.85. The molecule has 1 aromatic heterocycles. The number of rotatable bonds is 4. The van der Waals surface area contributed by atoms with E-state index in [4.69, 9.17) is 33.4 Å². The summed E-state index contributed by atoms with van der Waals surface area (Å²) in [6.45, 7) is 0. The molecule has 0 aliphatic heterocycles. The summed E-state index contributed by atoms with van der Waals surface area (Å²) < 4.78 is 0.925. The third-order valence-corrected chi connectivity index (χ3v) is 4.08. The van der Waals surface area contributed by atoms with Gasteiger partial charge in [-0.25, -0.2) is 9.59 Å². The Balaban J connectivity index is 2.57. The highest BCUT2D eigenvalue weighted by Gasteiger charge is 2.12. The van der Waals surface area contributed by atoms with Crippen molar-refractivity contribution < 1.29 is 19.8 Å². The molecular weight excluding hydrogens is 335 g/mol. The average Bonchev–Trinajstić information content (AvgIpc) is 2.75. The molecule has 1 heterocycles. The molecule has 1 aromatic carbocycles. The van der Waals surface area contributed by atoms with Crippen LogP contribution in [0.5, 0.6) is 0 Å². The van der Waals surface area contributed by atoms with Crippen molar-refractivity contribution in [1.29, 1.82) is 0 Å². The number of aromatic carboxylic acids is 1. The van der Waals surface area contributed by atoms with Crippen LogP contribution in [0.4, 0.5) is 0 Å². The molecule has 4 nitrogen and oxygen atoms in total. The van der Waals surface area contributed by atoms with Gasteiger partial charge in [0.05, 0.1) is 9.90 Å². The topological polar surface area (TPSA) is 74.6 Å². The fraction of sp³-hybridized carbons (Fsp3) is 0. The van der Waals surface area contributed by atoms with E-state index >= 15 is 0 Å². The van der Waals surface area contributed by atoms with E-state index in [0.717, 1.165) is 6.08 Å². The Morgan fingerprint density at radius 1 is 1.10 bits per heavy atom. The Kier molecular flexibility index (Phi) is 4.67. The van der Waals surface area contributed by atoms with Crippen molar-refractivity contribution in [2.75, 3.05) is 0 Å². The second kappa shape index (κ2) is 6.30. The minimum Gasteiger partial charge on any atom is -0.478 e. The van der Waals surface area contributed by atoms with Gasteiger partial charge in [-0.15, -0.1) is 11.3 Å². The molecule has 0 aliphatic carbocycles. The van der Waals surface area contributed by atoms with Crippen LogP contribution in [0.3, 0.4) is 0 Å². The summed E-state index contributed by atoms with van der Waals surface area (Å²) in [5.41, 5.74) is 1.66. The van der Waals surface area contributed by atoms with E-state index in [2.05, 4.69) is 0 Å². The Morgan fingerprint density at radius 3 is 2.33 bits per heavy atom. The number of carboxylic acids is 2. The minimum absolute atomic E-state index is 0.0379. The molecule has 2 rings (SSSR count). The zero-order valence-corrected chi connectivity index (χ0v) is 12.7. The summed E-state index contributed by atoms with van der Waals surface area (Å²) >= 11 is 13.1. The van der Waals surface area contributed by atoms with Gasteiger partial charge in [-0.2, -0.15) is 0 Å². The number of halogens is 2. The molecule has 0 saturated carbocycles. The van der Waals surface area contributed by atoms with E-state index in [1.807, 2.05) is 0 Å². The molecule has 0 bridgehead atoms. The molecule has 7 heteroatoms. The van der Waals surface area contributed by atoms with Gasteiger partial charge >= 0.3 is 11.9 Å². The van der Waals surface area contributed by atoms with Gasteiger partial charge in [-0.1, -0.05) is 23.2 Å². The lowest BCUT2D eigenvalue weighted by molar-refractivity contribution is -0.131. The van der Waals surface area contributed by atoms with Crippen LogP contribution in [0.15, 0.2) is 30.3 Å². The summed E-state index contributed by atoms with van der Waals surface area (Å²) in [5, 5.41) is 17.8. The lowest BCUT2D eigenvalue weighted by Gasteiger charge is -2.04. The molecule has 2 aromatic rings. The van der Waals surface area contributed by atoms with Gasteiger partial charge in [-0.05, 0) is 41.5 Å². The summed E-state index contributed by atoms with van der Waals surface area (Å²) in [6, 6.07) is 6.13. The molecule has 0 amide bonds. The van der Waals surface area contributed by atoms with Crippen LogP contribution in [0.2, 0.25) is 8.67 Å². The van der Waals surface area contributed by atoms with Gasteiger partial charge in [0.15, 0.2) is 0 Å². The minimum atomic E-state index is -1.12. The number of carboxylic acid groups (broad SMARTS) is 2. The molecule has 21 heavy (non-hydrogen) atoms. The summed E-state index contributed by atoms with van der Waals surface area (Å²) in [5.74, 6) is -2.23. The predicted octanol–water partition coefficient (Wildman–Crippen LogP) is 4.52. The van der Waals surface area contributed by atoms with E-state index in [0.29, 0.717) is 25.4 Å². The Morgan fingerprint density at radius 2 is 1.81 bits per heavy atom. The monoisotopic (exact) mass is 342 g/mol. The zero-order valence-electron chi connectivity index (χ0n) is 10.3. The Labute approximate surface area is 133 Å². The SMILES string of the molecule is O=C(O)/C=C/c1cc(C(=O)O)cc(-c2cc(Cl)sc2Cl)c1. The Hall–Kier alpha value is -1.82. The molecule has 0 fully saturated rings. The fourth-order valence-corrected chi connectivity index (χ4v) is 3.24. The van der Waals surface area contributed by atoms with Crippen LogP contribution >= 0.6 is 34.5 Å². The van der Waals surface area contributed by atoms with Gasteiger partial charge in [0, 0.05) is 11.6 Å². The van der Waals surface area contributed by atoms with Crippen LogP contribution in [-0.2, 0) is 4.79 Å². The van der Waals surface area contributed by atoms with Gasteiger partial charge in [-0.3, -0.25) is 0 Å². The molecule has 0 aliphatic rings. The number of hydrogen-bond acceptors (Lipinski definition) is 3. The predicted molar refractivity (Wildman–Crippen MR) is 83.4 cm³/mol. The molecule has 0 saturated heterocycles. The first-order valence-corrected chi connectivity index (χ1v) is 7.18. The first kappa shape index (κ1) is 15.6. The van der Waals surface area contributed by atoms with Crippen molar-refractivity contribution in [3.05, 3.63) is 50.1 Å². The molecule has 108 valence electrons. The first-order valence-electron chi connectivity index (χ1n) is 5.61. The van der Waals surface area contributed by atoms with Gasteiger partial charge in [0.1, 0.15) is 4.34 Å². The second-order valence-electron chi connectivity index (χ2n) is 4.06. The second-order valence-corrected chi connectivity index (χ2v) is 6.34. The molecule has 0 radical (unpaired) electrons. The number of benzene rings is 1. The normalized spacial score (nSPS) is 11.0. The number of thiophene rings is 1. The van der Waals surface area contributed by atoms with E-state index in [1.54, 1.807) is 12.1 Å².